The van der Waals surface area contributed by atoms with Gasteiger partial charge < -0.3 is 16.0 Å². The number of nitrogens with one attached hydrogen (secondary N) is 1. The minimum Gasteiger partial charge on any atom is -0.352 e. The van der Waals surface area contributed by atoms with E-state index in [0.29, 0.717) is 13.1 Å². The van der Waals surface area contributed by atoms with Gasteiger partial charge in [0.2, 0.25) is 11.8 Å². The highest BCUT2D eigenvalue weighted by atomic mass is 16.2. The summed E-state index contributed by atoms with van der Waals surface area (Å²) in [7, 11) is 0. The van der Waals surface area contributed by atoms with Crippen LogP contribution in [0, 0.1) is 5.92 Å². The molecule has 110 valence electrons. The van der Waals surface area contributed by atoms with Crippen LogP contribution in [0.1, 0.15) is 46.0 Å². The number of carbonyl (C=O) groups is 2. The van der Waals surface area contributed by atoms with Crippen molar-refractivity contribution >= 4 is 11.8 Å². The summed E-state index contributed by atoms with van der Waals surface area (Å²) in [5.74, 6) is 0.0321. The van der Waals surface area contributed by atoms with Gasteiger partial charge in [-0.3, -0.25) is 9.59 Å². The van der Waals surface area contributed by atoms with Crippen LogP contribution in [0.15, 0.2) is 0 Å². The third kappa shape index (κ3) is 5.19. The molecule has 1 fully saturated rings. The summed E-state index contributed by atoms with van der Waals surface area (Å²) in [6.07, 6.45) is 4.88. The molecule has 0 aromatic heterocycles. The standard InChI is InChI=1S/C14H27N3O2/c1-3-4-7-13(9-15)16-14(19)12-6-5-8-17(10-12)11(2)18/h12-13H,3-10,15H2,1-2H3,(H,16,19). The number of hydrogen-bond acceptors (Lipinski definition) is 3. The zero-order valence-corrected chi connectivity index (χ0v) is 12.2. The van der Waals surface area contributed by atoms with Gasteiger partial charge in [0.15, 0.2) is 0 Å². The fraction of sp³-hybridized carbons (Fsp3) is 0.857. The normalized spacial score (nSPS) is 21.0. The molecule has 5 nitrogen and oxygen atoms in total. The van der Waals surface area contributed by atoms with Gasteiger partial charge >= 0.3 is 0 Å². The second-order valence-electron chi connectivity index (χ2n) is 5.39. The van der Waals surface area contributed by atoms with Crippen LogP contribution in [0.3, 0.4) is 0 Å². The molecule has 2 amide bonds. The highest BCUT2D eigenvalue weighted by Crippen LogP contribution is 2.17. The van der Waals surface area contributed by atoms with E-state index in [2.05, 4.69) is 12.2 Å². The Balaban J connectivity index is 2.45. The summed E-state index contributed by atoms with van der Waals surface area (Å²) in [6.45, 7) is 5.49. The van der Waals surface area contributed by atoms with Gasteiger partial charge in [-0.05, 0) is 19.3 Å². The molecular formula is C14H27N3O2. The summed E-state index contributed by atoms with van der Waals surface area (Å²) < 4.78 is 0. The molecule has 0 radical (unpaired) electrons. The first-order chi connectivity index (χ1) is 9.08. The third-order valence-electron chi connectivity index (χ3n) is 3.77. The van der Waals surface area contributed by atoms with Crippen LogP contribution in [0.25, 0.3) is 0 Å². The molecule has 0 saturated carbocycles. The number of unbranched alkanes of at least 4 members (excludes halogenated alkanes) is 1. The Labute approximate surface area is 115 Å². The van der Waals surface area contributed by atoms with Crippen LogP contribution in [-0.2, 0) is 9.59 Å². The molecule has 2 unspecified atom stereocenters. The Hall–Kier alpha value is -1.10. The van der Waals surface area contributed by atoms with Crippen molar-refractivity contribution < 1.29 is 9.59 Å². The Morgan fingerprint density at radius 2 is 2.21 bits per heavy atom. The number of carbonyl (C=O) groups excluding carboxylic acids is 2. The van der Waals surface area contributed by atoms with E-state index in [-0.39, 0.29) is 23.8 Å². The average Bonchev–Trinajstić information content (AvgIpc) is 2.43. The van der Waals surface area contributed by atoms with Crippen molar-refractivity contribution in [1.82, 2.24) is 10.2 Å². The molecule has 5 heteroatoms. The van der Waals surface area contributed by atoms with E-state index in [1.165, 1.54) is 0 Å². The Bertz CT molecular complexity index is 307. The van der Waals surface area contributed by atoms with Crippen molar-refractivity contribution in [3.05, 3.63) is 0 Å². The van der Waals surface area contributed by atoms with Gasteiger partial charge in [-0.2, -0.15) is 0 Å². The number of hydrogen-bond donors (Lipinski definition) is 2. The molecule has 0 aromatic carbocycles. The van der Waals surface area contributed by atoms with E-state index in [4.69, 9.17) is 5.73 Å². The number of nitrogens with zero attached hydrogens (tertiary/aromatic N) is 1. The van der Waals surface area contributed by atoms with Gasteiger partial charge in [0.05, 0.1) is 5.92 Å². The topological polar surface area (TPSA) is 75.4 Å². The van der Waals surface area contributed by atoms with Gasteiger partial charge in [0.25, 0.3) is 0 Å². The first kappa shape index (κ1) is 16.0. The number of nitrogens with two attached hydrogens (primary N) is 1. The van der Waals surface area contributed by atoms with Crippen molar-refractivity contribution in [2.24, 2.45) is 11.7 Å². The fourth-order valence-electron chi connectivity index (χ4n) is 2.50. The number of amides is 2. The SMILES string of the molecule is CCCCC(CN)NC(=O)C1CCCN(C(C)=O)C1. The van der Waals surface area contributed by atoms with Gasteiger partial charge in [0, 0.05) is 32.6 Å². The highest BCUT2D eigenvalue weighted by Gasteiger charge is 2.27. The average molecular weight is 269 g/mol. The minimum absolute atomic E-state index is 0.0532. The molecule has 1 heterocycles. The number of piperidine rings is 1. The zero-order valence-electron chi connectivity index (χ0n) is 12.2. The zero-order chi connectivity index (χ0) is 14.3. The Morgan fingerprint density at radius 1 is 1.47 bits per heavy atom. The van der Waals surface area contributed by atoms with E-state index in [1.54, 1.807) is 11.8 Å². The summed E-state index contributed by atoms with van der Waals surface area (Å²) in [5.41, 5.74) is 5.69. The van der Waals surface area contributed by atoms with Gasteiger partial charge in [0.1, 0.15) is 0 Å². The van der Waals surface area contributed by atoms with Crippen molar-refractivity contribution in [2.45, 2.75) is 52.0 Å². The molecule has 1 saturated heterocycles. The maximum Gasteiger partial charge on any atom is 0.225 e. The first-order valence-electron chi connectivity index (χ1n) is 7.34. The molecule has 2 atom stereocenters. The smallest absolute Gasteiger partial charge is 0.225 e. The summed E-state index contributed by atoms with van der Waals surface area (Å²) in [6, 6.07) is 0.0696. The predicted octanol–water partition coefficient (Wildman–Crippen LogP) is 0.879. The Kier molecular flexibility index (Phi) is 6.84. The van der Waals surface area contributed by atoms with Crippen LogP contribution < -0.4 is 11.1 Å². The van der Waals surface area contributed by atoms with Crippen molar-refractivity contribution in [2.75, 3.05) is 19.6 Å². The van der Waals surface area contributed by atoms with E-state index >= 15 is 0 Å². The predicted molar refractivity (Wildman–Crippen MR) is 75.5 cm³/mol. The Morgan fingerprint density at radius 3 is 2.79 bits per heavy atom. The minimum atomic E-state index is -0.0756. The van der Waals surface area contributed by atoms with Crippen LogP contribution >= 0.6 is 0 Å². The van der Waals surface area contributed by atoms with Crippen LogP contribution in [0.5, 0.6) is 0 Å². The molecule has 0 aromatic rings. The second kappa shape index (κ2) is 8.15. The first-order valence-corrected chi connectivity index (χ1v) is 7.34. The van der Waals surface area contributed by atoms with Gasteiger partial charge in [-0.25, -0.2) is 0 Å². The third-order valence-corrected chi connectivity index (χ3v) is 3.77. The lowest BCUT2D eigenvalue weighted by atomic mass is 9.96. The fourth-order valence-corrected chi connectivity index (χ4v) is 2.50. The van der Waals surface area contributed by atoms with E-state index in [1.807, 2.05) is 0 Å². The quantitative estimate of drug-likeness (QED) is 0.751. The molecule has 0 aliphatic carbocycles. The van der Waals surface area contributed by atoms with Crippen LogP contribution in [-0.4, -0.2) is 42.4 Å². The van der Waals surface area contributed by atoms with E-state index < -0.39 is 0 Å². The maximum absolute atomic E-state index is 12.2. The van der Waals surface area contributed by atoms with Crippen molar-refractivity contribution in [3.8, 4) is 0 Å². The largest absolute Gasteiger partial charge is 0.352 e. The molecule has 1 aliphatic rings. The van der Waals surface area contributed by atoms with Crippen LogP contribution in [0.4, 0.5) is 0 Å². The highest BCUT2D eigenvalue weighted by molar-refractivity contribution is 5.80. The van der Waals surface area contributed by atoms with E-state index in [0.717, 1.165) is 38.6 Å². The van der Waals surface area contributed by atoms with E-state index in [9.17, 15) is 9.59 Å². The molecule has 0 spiro atoms. The molecule has 1 rings (SSSR count). The molecule has 3 N–H and O–H groups in total. The number of likely N-dealkylation sites (tertiary alicyclic amines) is 1. The van der Waals surface area contributed by atoms with Crippen LogP contribution in [0.2, 0.25) is 0 Å². The monoisotopic (exact) mass is 269 g/mol. The summed E-state index contributed by atoms with van der Waals surface area (Å²) >= 11 is 0. The summed E-state index contributed by atoms with van der Waals surface area (Å²) in [4.78, 5) is 25.3. The molecule has 1 aliphatic heterocycles. The molecule has 19 heavy (non-hydrogen) atoms. The lowest BCUT2D eigenvalue weighted by molar-refractivity contribution is -0.134. The lowest BCUT2D eigenvalue weighted by Gasteiger charge is -2.32. The van der Waals surface area contributed by atoms with Gasteiger partial charge in [-0.15, -0.1) is 0 Å². The molecular weight excluding hydrogens is 242 g/mol. The van der Waals surface area contributed by atoms with Crippen molar-refractivity contribution in [3.63, 3.8) is 0 Å². The lowest BCUT2D eigenvalue weighted by Crippen LogP contribution is -2.48. The summed E-state index contributed by atoms with van der Waals surface area (Å²) in [5, 5.41) is 3.03. The van der Waals surface area contributed by atoms with Crippen molar-refractivity contribution in [1.29, 1.82) is 0 Å². The number of rotatable bonds is 6. The maximum atomic E-state index is 12.2. The second-order valence-corrected chi connectivity index (χ2v) is 5.39. The van der Waals surface area contributed by atoms with Gasteiger partial charge in [-0.1, -0.05) is 19.8 Å². The molecule has 0 bridgehead atoms.